The molecule has 4 nitrogen and oxygen atoms in total. The van der Waals surface area contributed by atoms with Crippen LogP contribution in [-0.4, -0.2) is 35.7 Å². The Morgan fingerprint density at radius 3 is 2.61 bits per heavy atom. The number of piperazine rings is 1. The second-order valence-electron chi connectivity index (χ2n) is 6.23. The Morgan fingerprint density at radius 2 is 1.83 bits per heavy atom. The summed E-state index contributed by atoms with van der Waals surface area (Å²) in [5, 5.41) is 4.66. The molecule has 1 saturated heterocycles. The zero-order valence-corrected chi connectivity index (χ0v) is 13.5. The van der Waals surface area contributed by atoms with Crippen molar-refractivity contribution in [3.05, 3.63) is 59.9 Å². The second-order valence-corrected chi connectivity index (χ2v) is 6.23. The van der Waals surface area contributed by atoms with Crippen LogP contribution in [0.5, 0.6) is 0 Å². The minimum Gasteiger partial charge on any atom is -0.368 e. The van der Waals surface area contributed by atoms with Gasteiger partial charge in [-0.05, 0) is 24.6 Å². The summed E-state index contributed by atoms with van der Waals surface area (Å²) >= 11 is 0. The van der Waals surface area contributed by atoms with Gasteiger partial charge in [0, 0.05) is 56.2 Å². The van der Waals surface area contributed by atoms with E-state index in [1.165, 1.54) is 22.2 Å². The van der Waals surface area contributed by atoms with Crippen LogP contribution < -0.4 is 10.2 Å². The lowest BCUT2D eigenvalue weighted by Gasteiger charge is -2.29. The summed E-state index contributed by atoms with van der Waals surface area (Å²) in [6, 6.07) is 13.1. The predicted octanol–water partition coefficient (Wildman–Crippen LogP) is 2.80. The fraction of sp³-hybridized carbons (Fsp3) is 0.316. The maximum absolute atomic E-state index is 4.63. The Hall–Kier alpha value is -2.33. The van der Waals surface area contributed by atoms with Crippen LogP contribution in [0.4, 0.5) is 5.69 Å². The van der Waals surface area contributed by atoms with Crippen molar-refractivity contribution in [2.75, 3.05) is 31.1 Å². The number of rotatable bonds is 3. The first-order chi connectivity index (χ1) is 11.3. The van der Waals surface area contributed by atoms with Crippen LogP contribution in [-0.2, 0) is 6.54 Å². The third-order valence-corrected chi connectivity index (χ3v) is 4.57. The number of nitrogens with zero attached hydrogens (tertiary/aromatic N) is 3. The maximum atomic E-state index is 4.63. The van der Waals surface area contributed by atoms with E-state index in [1.807, 2.05) is 6.20 Å². The number of aryl methyl sites for hydroxylation is 1. The third kappa shape index (κ3) is 2.82. The summed E-state index contributed by atoms with van der Waals surface area (Å²) in [5.74, 6) is 0. The van der Waals surface area contributed by atoms with E-state index in [-0.39, 0.29) is 0 Å². The van der Waals surface area contributed by atoms with Crippen molar-refractivity contribution in [3.8, 4) is 0 Å². The van der Waals surface area contributed by atoms with Crippen molar-refractivity contribution in [1.29, 1.82) is 0 Å². The molecule has 1 aliphatic heterocycles. The van der Waals surface area contributed by atoms with Gasteiger partial charge in [-0.3, -0.25) is 0 Å². The predicted molar refractivity (Wildman–Crippen MR) is 95.1 cm³/mol. The highest BCUT2D eigenvalue weighted by Gasteiger charge is 2.15. The van der Waals surface area contributed by atoms with E-state index in [0.29, 0.717) is 0 Å². The monoisotopic (exact) mass is 306 g/mol. The van der Waals surface area contributed by atoms with E-state index < -0.39 is 0 Å². The standard InChI is InChI=1S/C19H22N4/c1-15-2-4-16(5-3-15)14-23-11-7-17-18(6-8-21-19(17)23)22-12-9-20-10-13-22/h2-8,11,20H,9-10,12-14H2,1H3. The molecule has 4 heteroatoms. The van der Waals surface area contributed by atoms with Crippen molar-refractivity contribution in [2.24, 2.45) is 0 Å². The van der Waals surface area contributed by atoms with Crippen molar-refractivity contribution >= 4 is 16.7 Å². The Kier molecular flexibility index (Phi) is 3.75. The summed E-state index contributed by atoms with van der Waals surface area (Å²) in [5.41, 5.74) is 4.98. The summed E-state index contributed by atoms with van der Waals surface area (Å²) in [4.78, 5) is 7.09. The SMILES string of the molecule is Cc1ccc(Cn2ccc3c(N4CCNCC4)ccnc32)cc1. The lowest BCUT2D eigenvalue weighted by Crippen LogP contribution is -2.43. The molecule has 0 spiro atoms. The molecular formula is C19H22N4. The van der Waals surface area contributed by atoms with Gasteiger partial charge in [-0.1, -0.05) is 29.8 Å². The van der Waals surface area contributed by atoms with Gasteiger partial charge in [-0.25, -0.2) is 4.98 Å². The molecule has 2 aromatic heterocycles. The van der Waals surface area contributed by atoms with Crippen molar-refractivity contribution in [3.63, 3.8) is 0 Å². The van der Waals surface area contributed by atoms with Crippen LogP contribution in [0, 0.1) is 6.92 Å². The molecule has 4 rings (SSSR count). The first-order valence-electron chi connectivity index (χ1n) is 8.26. The molecule has 23 heavy (non-hydrogen) atoms. The third-order valence-electron chi connectivity index (χ3n) is 4.57. The number of aromatic nitrogens is 2. The second kappa shape index (κ2) is 6.05. The quantitative estimate of drug-likeness (QED) is 0.808. The molecule has 0 radical (unpaired) electrons. The summed E-state index contributed by atoms with van der Waals surface area (Å²) in [7, 11) is 0. The van der Waals surface area contributed by atoms with E-state index in [4.69, 9.17) is 0 Å². The molecule has 0 saturated carbocycles. The smallest absolute Gasteiger partial charge is 0.142 e. The first kappa shape index (κ1) is 14.3. The molecule has 0 amide bonds. The average Bonchev–Trinajstić information content (AvgIpc) is 3.01. The topological polar surface area (TPSA) is 33.1 Å². The van der Waals surface area contributed by atoms with Crippen LogP contribution in [0.15, 0.2) is 48.8 Å². The maximum Gasteiger partial charge on any atom is 0.142 e. The number of nitrogens with one attached hydrogen (secondary N) is 1. The van der Waals surface area contributed by atoms with Crippen LogP contribution in [0.25, 0.3) is 11.0 Å². The normalized spacial score (nSPS) is 15.3. The van der Waals surface area contributed by atoms with Crippen molar-refractivity contribution in [1.82, 2.24) is 14.9 Å². The number of anilines is 1. The van der Waals surface area contributed by atoms with Crippen LogP contribution in [0.3, 0.4) is 0 Å². The van der Waals surface area contributed by atoms with E-state index in [9.17, 15) is 0 Å². The Bertz CT molecular complexity index is 798. The Balaban J connectivity index is 1.68. The Morgan fingerprint density at radius 1 is 1.04 bits per heavy atom. The van der Waals surface area contributed by atoms with Gasteiger partial charge in [0.1, 0.15) is 5.65 Å². The average molecular weight is 306 g/mol. The van der Waals surface area contributed by atoms with Gasteiger partial charge in [-0.15, -0.1) is 0 Å². The number of hydrogen-bond acceptors (Lipinski definition) is 3. The number of pyridine rings is 1. The molecule has 0 bridgehead atoms. The van der Waals surface area contributed by atoms with Crippen LogP contribution in [0.2, 0.25) is 0 Å². The fourth-order valence-electron chi connectivity index (χ4n) is 3.28. The number of benzene rings is 1. The van der Waals surface area contributed by atoms with Gasteiger partial charge in [0.15, 0.2) is 0 Å². The minimum absolute atomic E-state index is 0.863. The van der Waals surface area contributed by atoms with Gasteiger partial charge < -0.3 is 14.8 Å². The highest BCUT2D eigenvalue weighted by molar-refractivity contribution is 5.90. The molecular weight excluding hydrogens is 284 g/mol. The largest absolute Gasteiger partial charge is 0.368 e. The molecule has 3 heterocycles. The van der Waals surface area contributed by atoms with Crippen molar-refractivity contribution in [2.45, 2.75) is 13.5 Å². The highest BCUT2D eigenvalue weighted by atomic mass is 15.2. The van der Waals surface area contributed by atoms with Crippen molar-refractivity contribution < 1.29 is 0 Å². The van der Waals surface area contributed by atoms with E-state index >= 15 is 0 Å². The van der Waals surface area contributed by atoms with Crippen LogP contribution in [0.1, 0.15) is 11.1 Å². The lowest BCUT2D eigenvalue weighted by molar-refractivity contribution is 0.590. The van der Waals surface area contributed by atoms with Gasteiger partial charge in [0.25, 0.3) is 0 Å². The zero-order valence-electron chi connectivity index (χ0n) is 13.5. The molecule has 1 aliphatic rings. The zero-order chi connectivity index (χ0) is 15.6. The molecule has 3 aromatic rings. The van der Waals surface area contributed by atoms with Gasteiger partial charge in [0.05, 0.1) is 0 Å². The Labute approximate surface area is 136 Å². The first-order valence-corrected chi connectivity index (χ1v) is 8.26. The molecule has 0 unspecified atom stereocenters. The number of hydrogen-bond donors (Lipinski definition) is 1. The lowest BCUT2D eigenvalue weighted by atomic mass is 10.1. The molecule has 1 aromatic carbocycles. The summed E-state index contributed by atoms with van der Waals surface area (Å²) in [6.45, 7) is 7.20. The highest BCUT2D eigenvalue weighted by Crippen LogP contribution is 2.27. The summed E-state index contributed by atoms with van der Waals surface area (Å²) < 4.78 is 2.24. The molecule has 1 N–H and O–H groups in total. The van der Waals surface area contributed by atoms with Gasteiger partial charge in [0.2, 0.25) is 0 Å². The number of fused-ring (bicyclic) bond motifs is 1. The van der Waals surface area contributed by atoms with E-state index in [1.54, 1.807) is 0 Å². The summed E-state index contributed by atoms with van der Waals surface area (Å²) in [6.07, 6.45) is 4.09. The van der Waals surface area contributed by atoms with E-state index in [2.05, 4.69) is 69.3 Å². The van der Waals surface area contributed by atoms with Gasteiger partial charge >= 0.3 is 0 Å². The minimum atomic E-state index is 0.863. The molecule has 0 aliphatic carbocycles. The molecule has 1 fully saturated rings. The molecule has 0 atom stereocenters. The van der Waals surface area contributed by atoms with E-state index in [0.717, 1.165) is 38.4 Å². The molecule has 118 valence electrons. The van der Waals surface area contributed by atoms with Gasteiger partial charge in [-0.2, -0.15) is 0 Å². The van der Waals surface area contributed by atoms with Crippen LogP contribution >= 0.6 is 0 Å². The fourth-order valence-corrected chi connectivity index (χ4v) is 3.28.